The lowest BCUT2D eigenvalue weighted by Gasteiger charge is -2.26. The summed E-state index contributed by atoms with van der Waals surface area (Å²) in [6.07, 6.45) is 3.96. The Morgan fingerprint density at radius 2 is 1.76 bits per heavy atom. The Hall–Kier alpha value is -3.74. The van der Waals surface area contributed by atoms with Crippen molar-refractivity contribution in [2.75, 3.05) is 25.5 Å². The molecule has 1 fully saturated rings. The topological polar surface area (TPSA) is 58.3 Å². The summed E-state index contributed by atoms with van der Waals surface area (Å²) in [6.45, 7) is 4.11. The van der Waals surface area contributed by atoms with Gasteiger partial charge in [-0.3, -0.25) is 9.98 Å². The van der Waals surface area contributed by atoms with E-state index in [2.05, 4.69) is 51.1 Å². The predicted molar refractivity (Wildman–Crippen MR) is 151 cm³/mol. The van der Waals surface area contributed by atoms with Gasteiger partial charge in [0.15, 0.2) is 0 Å². The van der Waals surface area contributed by atoms with Gasteiger partial charge >= 0.3 is 0 Å². The van der Waals surface area contributed by atoms with E-state index in [9.17, 15) is 0 Å². The molecule has 0 spiro atoms. The summed E-state index contributed by atoms with van der Waals surface area (Å²) in [5.74, 6) is 0. The molecule has 6 rings (SSSR count). The van der Waals surface area contributed by atoms with E-state index < -0.39 is 0 Å². The van der Waals surface area contributed by atoms with E-state index in [0.29, 0.717) is 5.02 Å². The first-order valence-electron chi connectivity index (χ1n) is 12.7. The minimum absolute atomic E-state index is 0.280. The lowest BCUT2D eigenvalue weighted by Crippen LogP contribution is -2.33. The maximum Gasteiger partial charge on any atom is 0.0900 e. The fourth-order valence-electron chi connectivity index (χ4n) is 4.94. The Bertz CT molecular complexity index is 1580. The van der Waals surface area contributed by atoms with E-state index in [-0.39, 0.29) is 6.04 Å². The molecule has 1 N–H and O–H groups in total. The fraction of sp³-hybridized carbons (Fsp3) is 0.233. The summed E-state index contributed by atoms with van der Waals surface area (Å²) in [4.78, 5) is 17.2. The highest BCUT2D eigenvalue weighted by Gasteiger charge is 2.19. The molecular weight excluding hydrogens is 480 g/mol. The molecule has 7 heteroatoms. The Kier molecular flexibility index (Phi) is 6.37. The molecule has 186 valence electrons. The smallest absolute Gasteiger partial charge is 0.0900 e. The van der Waals surface area contributed by atoms with Crippen LogP contribution in [0.5, 0.6) is 0 Å². The number of aryl methyl sites for hydroxylation is 1. The Balaban J connectivity index is 1.59. The second kappa shape index (κ2) is 9.96. The van der Waals surface area contributed by atoms with Crippen molar-refractivity contribution in [2.24, 2.45) is 4.99 Å². The van der Waals surface area contributed by atoms with Crippen LogP contribution in [0.1, 0.15) is 18.5 Å². The van der Waals surface area contributed by atoms with Gasteiger partial charge in [0.2, 0.25) is 0 Å². The van der Waals surface area contributed by atoms with Crippen LogP contribution in [0.25, 0.3) is 28.1 Å². The molecule has 0 atom stereocenters. The molecule has 6 nitrogen and oxygen atoms in total. The van der Waals surface area contributed by atoms with Crippen molar-refractivity contribution >= 4 is 34.0 Å². The standard InChI is InChI=1S/C30H29ClN6/c1-20-7-10-23(19-32-20)34-26-17-28-30(18-27(26)33-22-13-15-36(2)16-14-22)37(24-11-8-21(31)9-12-24)29-6-4-3-5-25(29)35-28/h3-12,17-19,22,34H,13-16H2,1-2H3. The van der Waals surface area contributed by atoms with Gasteiger partial charge in [-0.05, 0) is 101 Å². The molecule has 0 unspecified atom stereocenters. The minimum Gasteiger partial charge on any atom is -0.352 e. The molecule has 2 aromatic carbocycles. The summed E-state index contributed by atoms with van der Waals surface area (Å²) in [6, 6.07) is 24.8. The molecule has 3 aromatic rings. The summed E-state index contributed by atoms with van der Waals surface area (Å²) in [7, 11) is 2.18. The summed E-state index contributed by atoms with van der Waals surface area (Å²) < 4.78 is 2.25. The van der Waals surface area contributed by atoms with E-state index in [1.807, 2.05) is 61.7 Å². The third-order valence-electron chi connectivity index (χ3n) is 6.98. The van der Waals surface area contributed by atoms with Gasteiger partial charge in [-0.1, -0.05) is 23.7 Å². The summed E-state index contributed by atoms with van der Waals surface area (Å²) >= 11 is 6.23. The molecular formula is C30H29ClN6. The molecule has 37 heavy (non-hydrogen) atoms. The average molecular weight is 509 g/mol. The van der Waals surface area contributed by atoms with Crippen LogP contribution in [-0.2, 0) is 0 Å². The predicted octanol–water partition coefficient (Wildman–Crippen LogP) is 6.23. The van der Waals surface area contributed by atoms with Gasteiger partial charge in [-0.2, -0.15) is 0 Å². The van der Waals surface area contributed by atoms with Crippen molar-refractivity contribution in [3.63, 3.8) is 0 Å². The van der Waals surface area contributed by atoms with Crippen LogP contribution in [0, 0.1) is 6.92 Å². The lowest BCUT2D eigenvalue weighted by atomic mass is 10.1. The van der Waals surface area contributed by atoms with Crippen molar-refractivity contribution in [3.05, 3.63) is 95.1 Å². The number of hydrogen-bond acceptors (Lipinski definition) is 5. The Morgan fingerprint density at radius 1 is 0.973 bits per heavy atom. The first kappa shape index (κ1) is 23.6. The highest BCUT2D eigenvalue weighted by atomic mass is 35.5. The number of rotatable bonds is 4. The number of anilines is 2. The van der Waals surface area contributed by atoms with E-state index in [4.69, 9.17) is 21.6 Å². The zero-order valence-corrected chi connectivity index (χ0v) is 21.8. The molecule has 0 amide bonds. The number of nitrogens with one attached hydrogen (secondary N) is 1. The van der Waals surface area contributed by atoms with Gasteiger partial charge in [0.1, 0.15) is 0 Å². The van der Waals surface area contributed by atoms with Crippen LogP contribution in [0.3, 0.4) is 0 Å². The molecule has 1 aliphatic carbocycles. The number of likely N-dealkylation sites (tertiary alicyclic amines) is 1. The van der Waals surface area contributed by atoms with Crippen molar-refractivity contribution in [1.82, 2.24) is 19.4 Å². The van der Waals surface area contributed by atoms with Crippen LogP contribution >= 0.6 is 11.6 Å². The number of hydrogen-bond donors (Lipinski definition) is 1. The molecule has 0 radical (unpaired) electrons. The Morgan fingerprint density at radius 3 is 2.51 bits per heavy atom. The number of pyridine rings is 1. The van der Waals surface area contributed by atoms with E-state index in [1.54, 1.807) is 0 Å². The van der Waals surface area contributed by atoms with E-state index >= 15 is 0 Å². The highest BCUT2D eigenvalue weighted by molar-refractivity contribution is 6.30. The van der Waals surface area contributed by atoms with E-state index in [1.165, 1.54) is 0 Å². The molecule has 0 bridgehead atoms. The number of fused-ring (bicyclic) bond motifs is 2. The van der Waals surface area contributed by atoms with Gasteiger partial charge < -0.3 is 14.8 Å². The van der Waals surface area contributed by atoms with Crippen LogP contribution in [0.2, 0.25) is 5.02 Å². The van der Waals surface area contributed by atoms with Gasteiger partial charge in [0, 0.05) is 16.4 Å². The van der Waals surface area contributed by atoms with Gasteiger partial charge in [0.05, 0.1) is 51.4 Å². The number of piperidine rings is 1. The highest BCUT2D eigenvalue weighted by Crippen LogP contribution is 2.31. The first-order chi connectivity index (χ1) is 18.0. The number of para-hydroxylation sites is 2. The molecule has 2 aliphatic heterocycles. The third kappa shape index (κ3) is 4.95. The van der Waals surface area contributed by atoms with Crippen molar-refractivity contribution in [2.45, 2.75) is 25.8 Å². The maximum atomic E-state index is 6.23. The van der Waals surface area contributed by atoms with Crippen LogP contribution in [0.15, 0.2) is 84.0 Å². The second-order valence-electron chi connectivity index (χ2n) is 9.75. The summed E-state index contributed by atoms with van der Waals surface area (Å²) in [5, 5.41) is 5.22. The number of aromatic nitrogens is 3. The van der Waals surface area contributed by atoms with Crippen LogP contribution in [-0.4, -0.2) is 45.6 Å². The Labute approximate surface area is 221 Å². The van der Waals surface area contributed by atoms with Gasteiger partial charge in [-0.25, -0.2) is 4.98 Å². The average Bonchev–Trinajstić information content (AvgIpc) is 2.91. The quantitative estimate of drug-likeness (QED) is 0.292. The van der Waals surface area contributed by atoms with Crippen LogP contribution in [0.4, 0.5) is 11.4 Å². The number of halogens is 1. The largest absolute Gasteiger partial charge is 0.352 e. The second-order valence-corrected chi connectivity index (χ2v) is 10.2. The maximum absolute atomic E-state index is 6.23. The molecule has 1 aromatic heterocycles. The van der Waals surface area contributed by atoms with Gasteiger partial charge in [0.25, 0.3) is 0 Å². The first-order valence-corrected chi connectivity index (χ1v) is 13.0. The molecule has 1 saturated heterocycles. The SMILES string of the molecule is Cc1ccc(Nc2cc3nc4ccccc4n(-c4ccc(Cl)cc4)c-3cc2=NC2CCN(C)CC2)cn1. The fourth-order valence-corrected chi connectivity index (χ4v) is 5.06. The van der Waals surface area contributed by atoms with Crippen molar-refractivity contribution in [3.8, 4) is 17.1 Å². The minimum atomic E-state index is 0.280. The van der Waals surface area contributed by atoms with Crippen LogP contribution < -0.4 is 10.7 Å². The van der Waals surface area contributed by atoms with E-state index in [0.717, 1.165) is 76.5 Å². The number of benzene rings is 3. The normalized spacial score (nSPS) is 15.5. The zero-order chi connectivity index (χ0) is 25.4. The van der Waals surface area contributed by atoms with Crippen molar-refractivity contribution < 1.29 is 0 Å². The monoisotopic (exact) mass is 508 g/mol. The van der Waals surface area contributed by atoms with Crippen molar-refractivity contribution in [1.29, 1.82) is 0 Å². The molecule has 0 saturated carbocycles. The summed E-state index contributed by atoms with van der Waals surface area (Å²) in [5.41, 5.74) is 7.72. The zero-order valence-electron chi connectivity index (χ0n) is 21.0. The lowest BCUT2D eigenvalue weighted by molar-refractivity contribution is 0.255. The number of nitrogens with zero attached hydrogens (tertiary/aromatic N) is 5. The molecule has 3 heterocycles. The van der Waals surface area contributed by atoms with Gasteiger partial charge in [-0.15, -0.1) is 0 Å². The third-order valence-corrected chi connectivity index (χ3v) is 7.23. The molecule has 3 aliphatic rings.